The van der Waals surface area contributed by atoms with E-state index in [1.54, 1.807) is 0 Å². The molecule has 2 heterocycles. The number of hydrogen-bond acceptors (Lipinski definition) is 3. The molecule has 1 aromatic carbocycles. The van der Waals surface area contributed by atoms with Crippen molar-refractivity contribution in [1.82, 2.24) is 9.55 Å². The fourth-order valence-electron chi connectivity index (χ4n) is 2.96. The average molecular weight is 361 g/mol. The Labute approximate surface area is 152 Å². The number of hydrogen-bond donors (Lipinski definition) is 1. The third-order valence-electron chi connectivity index (χ3n) is 4.35. The van der Waals surface area contributed by atoms with Gasteiger partial charge in [0.2, 0.25) is 5.95 Å². The maximum absolute atomic E-state index is 13.6. The van der Waals surface area contributed by atoms with Crippen LogP contribution >= 0.6 is 0 Å². The highest BCUT2D eigenvalue weighted by atomic mass is 19.1. The quantitative estimate of drug-likeness (QED) is 0.853. The van der Waals surface area contributed by atoms with Crippen LogP contribution in [0.5, 0.6) is 0 Å². The van der Waals surface area contributed by atoms with Crippen molar-refractivity contribution >= 4 is 5.95 Å². The zero-order chi connectivity index (χ0) is 19.4. The minimum Gasteiger partial charge on any atom is -0.330 e. The Morgan fingerprint density at radius 2 is 1.73 bits per heavy atom. The molecule has 0 aliphatic carbocycles. The summed E-state index contributed by atoms with van der Waals surface area (Å²) >= 11 is 0. The molecule has 1 unspecified atom stereocenters. The first-order valence-electron chi connectivity index (χ1n) is 8.84. The van der Waals surface area contributed by atoms with Gasteiger partial charge in [-0.05, 0) is 51.3 Å². The van der Waals surface area contributed by atoms with E-state index in [0.29, 0.717) is 24.4 Å². The highest BCUT2D eigenvalue weighted by Gasteiger charge is 2.27. The molecule has 0 bridgehead atoms. The lowest BCUT2D eigenvalue weighted by Crippen LogP contribution is -2.20. The van der Waals surface area contributed by atoms with Crippen molar-refractivity contribution in [2.24, 2.45) is 0 Å². The molecule has 2 aromatic rings. The summed E-state index contributed by atoms with van der Waals surface area (Å²) in [6.07, 6.45) is 1.32. The molecule has 26 heavy (non-hydrogen) atoms. The van der Waals surface area contributed by atoms with E-state index >= 15 is 0 Å². The fraction of sp³-hybridized carbons (Fsp3) is 0.400. The number of aromatic nitrogens is 2. The first-order chi connectivity index (χ1) is 12.3. The summed E-state index contributed by atoms with van der Waals surface area (Å²) in [6.45, 7) is 9.80. The van der Waals surface area contributed by atoms with E-state index < -0.39 is 11.6 Å². The first kappa shape index (κ1) is 19.8. The summed E-state index contributed by atoms with van der Waals surface area (Å²) in [4.78, 5) is 15.9. The topological polar surface area (TPSA) is 46.9 Å². The number of rotatable bonds is 3. The van der Waals surface area contributed by atoms with Crippen LogP contribution in [-0.2, 0) is 6.42 Å². The number of nitrogens with one attached hydrogen (secondary N) is 1. The van der Waals surface area contributed by atoms with E-state index in [-0.39, 0.29) is 11.6 Å². The normalized spacial score (nSPS) is 15.0. The Bertz CT molecular complexity index is 863. The summed E-state index contributed by atoms with van der Waals surface area (Å²) in [5, 5.41) is 3.16. The molecule has 0 saturated heterocycles. The summed E-state index contributed by atoms with van der Waals surface area (Å²) < 4.78 is 29.1. The van der Waals surface area contributed by atoms with E-state index in [2.05, 4.69) is 10.3 Å². The van der Waals surface area contributed by atoms with Gasteiger partial charge in [0.05, 0.1) is 6.04 Å². The SMILES string of the molecule is CC.CC(C)=C(C)Nc1nc(=O)cc2n1C(c1cc(F)cc(F)c1)CC2. The van der Waals surface area contributed by atoms with Crippen molar-refractivity contribution in [1.29, 1.82) is 0 Å². The zero-order valence-electron chi connectivity index (χ0n) is 15.9. The van der Waals surface area contributed by atoms with Gasteiger partial charge in [0.1, 0.15) is 11.6 Å². The molecule has 1 aromatic heterocycles. The molecule has 4 nitrogen and oxygen atoms in total. The molecule has 0 fully saturated rings. The lowest BCUT2D eigenvalue weighted by molar-refractivity contribution is 0.558. The number of anilines is 1. The Kier molecular flexibility index (Phi) is 6.29. The molecular formula is C20H25F2N3O. The van der Waals surface area contributed by atoms with Gasteiger partial charge in [0.25, 0.3) is 5.56 Å². The Balaban J connectivity index is 0.00000117. The molecule has 0 spiro atoms. The van der Waals surface area contributed by atoms with Crippen LogP contribution in [0.3, 0.4) is 0 Å². The van der Waals surface area contributed by atoms with Crippen LogP contribution in [0, 0.1) is 11.6 Å². The van der Waals surface area contributed by atoms with E-state index in [4.69, 9.17) is 0 Å². The molecule has 0 saturated carbocycles. The Morgan fingerprint density at radius 1 is 1.12 bits per heavy atom. The van der Waals surface area contributed by atoms with Crippen molar-refractivity contribution in [3.8, 4) is 0 Å². The molecule has 1 atom stereocenters. The van der Waals surface area contributed by atoms with Crippen LogP contribution in [0.2, 0.25) is 0 Å². The number of nitrogens with zero attached hydrogens (tertiary/aromatic N) is 2. The largest absolute Gasteiger partial charge is 0.330 e. The van der Waals surface area contributed by atoms with E-state index in [9.17, 15) is 13.6 Å². The predicted molar refractivity (Wildman–Crippen MR) is 100 cm³/mol. The first-order valence-corrected chi connectivity index (χ1v) is 8.84. The second kappa shape index (κ2) is 8.25. The third kappa shape index (κ3) is 4.18. The number of halogens is 2. The van der Waals surface area contributed by atoms with Crippen molar-refractivity contribution in [3.63, 3.8) is 0 Å². The van der Waals surface area contributed by atoms with Gasteiger partial charge < -0.3 is 9.88 Å². The second-order valence-corrected chi connectivity index (χ2v) is 6.29. The summed E-state index contributed by atoms with van der Waals surface area (Å²) in [5.41, 5.74) is 2.98. The molecule has 6 heteroatoms. The van der Waals surface area contributed by atoms with Crippen LogP contribution < -0.4 is 10.9 Å². The maximum Gasteiger partial charge on any atom is 0.274 e. The molecule has 1 aliphatic rings. The van der Waals surface area contributed by atoms with E-state index in [1.807, 2.05) is 39.2 Å². The fourth-order valence-corrected chi connectivity index (χ4v) is 2.96. The van der Waals surface area contributed by atoms with Gasteiger partial charge in [-0.15, -0.1) is 0 Å². The van der Waals surface area contributed by atoms with Gasteiger partial charge in [-0.2, -0.15) is 4.98 Å². The number of aryl methyl sites for hydroxylation is 1. The van der Waals surface area contributed by atoms with Crippen LogP contribution in [0.15, 0.2) is 40.3 Å². The van der Waals surface area contributed by atoms with Gasteiger partial charge >= 0.3 is 0 Å². The molecule has 1 aliphatic heterocycles. The molecule has 140 valence electrons. The molecule has 3 rings (SSSR count). The van der Waals surface area contributed by atoms with Crippen LogP contribution in [-0.4, -0.2) is 9.55 Å². The monoisotopic (exact) mass is 361 g/mol. The molecular weight excluding hydrogens is 336 g/mol. The molecule has 1 N–H and O–H groups in total. The smallest absolute Gasteiger partial charge is 0.274 e. The Morgan fingerprint density at radius 3 is 2.31 bits per heavy atom. The van der Waals surface area contributed by atoms with Crippen LogP contribution in [0.4, 0.5) is 14.7 Å². The van der Waals surface area contributed by atoms with Gasteiger partial charge in [-0.1, -0.05) is 19.4 Å². The summed E-state index contributed by atoms with van der Waals surface area (Å²) in [7, 11) is 0. The highest BCUT2D eigenvalue weighted by molar-refractivity contribution is 5.41. The van der Waals surface area contributed by atoms with Crippen molar-refractivity contribution in [3.05, 3.63) is 68.8 Å². The highest BCUT2D eigenvalue weighted by Crippen LogP contribution is 2.34. The zero-order valence-corrected chi connectivity index (χ0v) is 15.9. The van der Waals surface area contributed by atoms with Crippen molar-refractivity contribution in [2.45, 2.75) is 53.5 Å². The molecule has 0 radical (unpaired) electrons. The number of fused-ring (bicyclic) bond motifs is 1. The Hall–Kier alpha value is -2.50. The minimum atomic E-state index is -0.609. The predicted octanol–water partition coefficient (Wildman–Crippen LogP) is 4.81. The number of allylic oxidation sites excluding steroid dienone is 2. The lowest BCUT2D eigenvalue weighted by Gasteiger charge is -2.21. The van der Waals surface area contributed by atoms with Crippen molar-refractivity contribution < 1.29 is 8.78 Å². The van der Waals surface area contributed by atoms with Gasteiger partial charge in [0.15, 0.2) is 0 Å². The van der Waals surface area contributed by atoms with Crippen molar-refractivity contribution in [2.75, 3.05) is 5.32 Å². The second-order valence-electron chi connectivity index (χ2n) is 6.29. The van der Waals surface area contributed by atoms with Gasteiger partial charge in [-0.3, -0.25) is 4.79 Å². The van der Waals surface area contributed by atoms with Crippen LogP contribution in [0.25, 0.3) is 0 Å². The number of benzene rings is 1. The van der Waals surface area contributed by atoms with Gasteiger partial charge in [-0.25, -0.2) is 8.78 Å². The standard InChI is InChI=1S/C18H19F2N3O.C2H6/c1-10(2)11(3)21-18-22-17(24)9-15-4-5-16(23(15)18)12-6-13(19)8-14(20)7-12;1-2/h6-9,16H,4-5H2,1-3H3,(H,21,22,24);1-2H3. The van der Waals surface area contributed by atoms with Gasteiger partial charge in [0, 0.05) is 23.5 Å². The van der Waals surface area contributed by atoms with E-state index in [0.717, 1.165) is 23.0 Å². The summed E-state index contributed by atoms with van der Waals surface area (Å²) in [6, 6.07) is 4.75. The third-order valence-corrected chi connectivity index (χ3v) is 4.35. The summed E-state index contributed by atoms with van der Waals surface area (Å²) in [5.74, 6) is -0.812. The average Bonchev–Trinajstić information content (AvgIpc) is 2.99. The van der Waals surface area contributed by atoms with E-state index in [1.165, 1.54) is 18.2 Å². The molecule has 0 amide bonds. The minimum absolute atomic E-state index is 0.259. The van der Waals surface area contributed by atoms with Crippen LogP contribution in [0.1, 0.15) is 58.3 Å². The maximum atomic E-state index is 13.6. The lowest BCUT2D eigenvalue weighted by atomic mass is 10.0.